The summed E-state index contributed by atoms with van der Waals surface area (Å²) >= 11 is 0. The molecule has 0 bridgehead atoms. The molecule has 0 aliphatic rings. The fraction of sp³-hybridized carbons (Fsp3) is 0.0667. The number of para-hydroxylation sites is 2. The second-order valence-corrected chi connectivity index (χ2v) is 8.77. The first-order chi connectivity index (χ1) is 16.7. The highest BCUT2D eigenvalue weighted by Crippen LogP contribution is 2.40. The van der Waals surface area contributed by atoms with Crippen molar-refractivity contribution in [1.82, 2.24) is 14.5 Å². The number of furan rings is 1. The third-order valence-electron chi connectivity index (χ3n) is 6.59. The molecule has 0 aliphatic heterocycles. The fourth-order valence-corrected chi connectivity index (χ4v) is 5.10. The summed E-state index contributed by atoms with van der Waals surface area (Å²) in [6.45, 7) is 4.05. The van der Waals surface area contributed by atoms with E-state index in [0.717, 1.165) is 66.8 Å². The maximum atomic E-state index is 6.62. The standard InChI is InChI=1S/C30H21N3O/c1-18-17-26-27(19(2)31-18)32-30(33(26)21-10-4-3-5-11-21)25-14-8-13-23-24-16-15-20-9-6-7-12-22(20)28(24)34-29(23)25/h3-17H,1-2H3. The van der Waals surface area contributed by atoms with Crippen LogP contribution in [0.5, 0.6) is 0 Å². The Labute approximate surface area is 196 Å². The highest BCUT2D eigenvalue weighted by molar-refractivity contribution is 6.17. The zero-order valence-corrected chi connectivity index (χ0v) is 18.9. The van der Waals surface area contributed by atoms with E-state index in [1.807, 2.05) is 19.9 Å². The average molecular weight is 440 g/mol. The molecule has 162 valence electrons. The van der Waals surface area contributed by atoms with E-state index >= 15 is 0 Å². The Balaban J connectivity index is 1.62. The van der Waals surface area contributed by atoms with Gasteiger partial charge in [-0.3, -0.25) is 9.55 Å². The molecule has 0 saturated heterocycles. The number of imidazole rings is 1. The SMILES string of the molecule is Cc1cc2c(nc(-c3cccc4c3oc3c5ccccc5ccc43)n2-c2ccccc2)c(C)n1. The van der Waals surface area contributed by atoms with Crippen molar-refractivity contribution >= 4 is 43.7 Å². The minimum atomic E-state index is 0.851. The fourth-order valence-electron chi connectivity index (χ4n) is 5.10. The number of rotatable bonds is 2. The van der Waals surface area contributed by atoms with E-state index in [4.69, 9.17) is 9.40 Å². The number of benzene rings is 4. The highest BCUT2D eigenvalue weighted by Gasteiger charge is 2.21. The van der Waals surface area contributed by atoms with Gasteiger partial charge in [0.1, 0.15) is 22.5 Å². The number of hydrogen-bond acceptors (Lipinski definition) is 3. The van der Waals surface area contributed by atoms with Crippen LogP contribution in [0.2, 0.25) is 0 Å². The van der Waals surface area contributed by atoms with Gasteiger partial charge in [-0.2, -0.15) is 0 Å². The van der Waals surface area contributed by atoms with Crippen molar-refractivity contribution in [2.45, 2.75) is 13.8 Å². The summed E-state index contributed by atoms with van der Waals surface area (Å²) in [5.74, 6) is 0.852. The van der Waals surface area contributed by atoms with Gasteiger partial charge in [-0.05, 0) is 49.6 Å². The summed E-state index contributed by atoms with van der Waals surface area (Å²) in [6, 6.07) is 31.5. The molecule has 4 heteroatoms. The Morgan fingerprint density at radius 1 is 0.676 bits per heavy atom. The van der Waals surface area contributed by atoms with E-state index in [2.05, 4.69) is 94.5 Å². The first-order valence-corrected chi connectivity index (χ1v) is 11.4. The van der Waals surface area contributed by atoms with E-state index < -0.39 is 0 Å². The third kappa shape index (κ3) is 2.66. The van der Waals surface area contributed by atoms with E-state index in [0.29, 0.717) is 0 Å². The van der Waals surface area contributed by atoms with Crippen molar-refractivity contribution in [2.24, 2.45) is 0 Å². The molecule has 7 rings (SSSR count). The van der Waals surface area contributed by atoms with E-state index in [1.165, 1.54) is 5.39 Å². The van der Waals surface area contributed by atoms with Gasteiger partial charge in [-0.1, -0.05) is 60.7 Å². The van der Waals surface area contributed by atoms with Crippen LogP contribution in [0.15, 0.2) is 95.4 Å². The number of aryl methyl sites for hydroxylation is 2. The lowest BCUT2D eigenvalue weighted by atomic mass is 10.0. The zero-order valence-electron chi connectivity index (χ0n) is 18.9. The molecule has 0 saturated carbocycles. The normalized spacial score (nSPS) is 11.8. The summed E-state index contributed by atoms with van der Waals surface area (Å²) in [6.07, 6.45) is 0. The molecule has 34 heavy (non-hydrogen) atoms. The van der Waals surface area contributed by atoms with Crippen LogP contribution in [-0.4, -0.2) is 14.5 Å². The van der Waals surface area contributed by atoms with E-state index in [1.54, 1.807) is 0 Å². The minimum absolute atomic E-state index is 0.851. The lowest BCUT2D eigenvalue weighted by molar-refractivity contribution is 0.673. The number of pyridine rings is 1. The van der Waals surface area contributed by atoms with Crippen molar-refractivity contribution < 1.29 is 4.42 Å². The second kappa shape index (κ2) is 7.03. The Hall–Kier alpha value is -4.44. The van der Waals surface area contributed by atoms with Crippen molar-refractivity contribution in [3.8, 4) is 17.1 Å². The monoisotopic (exact) mass is 439 g/mol. The summed E-state index contributed by atoms with van der Waals surface area (Å²) < 4.78 is 8.84. The average Bonchev–Trinajstić information content (AvgIpc) is 3.43. The third-order valence-corrected chi connectivity index (χ3v) is 6.59. The number of hydrogen-bond donors (Lipinski definition) is 0. The van der Waals surface area contributed by atoms with Gasteiger partial charge >= 0.3 is 0 Å². The number of aromatic nitrogens is 3. The lowest BCUT2D eigenvalue weighted by Crippen LogP contribution is -1.98. The maximum absolute atomic E-state index is 6.62. The molecule has 0 radical (unpaired) electrons. The highest BCUT2D eigenvalue weighted by atomic mass is 16.3. The van der Waals surface area contributed by atoms with Gasteiger partial charge in [-0.25, -0.2) is 4.98 Å². The van der Waals surface area contributed by atoms with Gasteiger partial charge in [0.15, 0.2) is 0 Å². The predicted octanol–water partition coefficient (Wildman–Crippen LogP) is 7.76. The van der Waals surface area contributed by atoms with Crippen molar-refractivity contribution in [2.75, 3.05) is 0 Å². The summed E-state index contributed by atoms with van der Waals surface area (Å²) in [7, 11) is 0. The van der Waals surface area contributed by atoms with Crippen LogP contribution in [0.3, 0.4) is 0 Å². The maximum Gasteiger partial charge on any atom is 0.149 e. The van der Waals surface area contributed by atoms with E-state index in [-0.39, 0.29) is 0 Å². The molecule has 3 heterocycles. The molecule has 0 aliphatic carbocycles. The van der Waals surface area contributed by atoms with Crippen LogP contribution >= 0.6 is 0 Å². The number of nitrogens with zero attached hydrogens (tertiary/aromatic N) is 3. The Morgan fingerprint density at radius 3 is 2.32 bits per heavy atom. The molecule has 0 N–H and O–H groups in total. The Morgan fingerprint density at radius 2 is 1.44 bits per heavy atom. The molecule has 4 nitrogen and oxygen atoms in total. The molecular formula is C30H21N3O. The minimum Gasteiger partial charge on any atom is -0.455 e. The smallest absolute Gasteiger partial charge is 0.149 e. The van der Waals surface area contributed by atoms with Gasteiger partial charge in [0, 0.05) is 27.5 Å². The molecule has 0 amide bonds. The van der Waals surface area contributed by atoms with Crippen molar-refractivity contribution in [1.29, 1.82) is 0 Å². The number of fused-ring (bicyclic) bond motifs is 6. The zero-order chi connectivity index (χ0) is 22.8. The van der Waals surface area contributed by atoms with Gasteiger partial charge in [-0.15, -0.1) is 0 Å². The molecule has 7 aromatic rings. The van der Waals surface area contributed by atoms with Crippen LogP contribution in [-0.2, 0) is 0 Å². The molecular weight excluding hydrogens is 418 g/mol. The molecule has 0 unspecified atom stereocenters. The van der Waals surface area contributed by atoms with Crippen LogP contribution in [0, 0.1) is 13.8 Å². The Bertz CT molecular complexity index is 1880. The van der Waals surface area contributed by atoms with Crippen molar-refractivity contribution in [3.63, 3.8) is 0 Å². The molecule has 0 fully saturated rings. The van der Waals surface area contributed by atoms with Crippen molar-refractivity contribution in [3.05, 3.63) is 102 Å². The molecule has 3 aromatic heterocycles. The molecule has 4 aromatic carbocycles. The summed E-state index contributed by atoms with van der Waals surface area (Å²) in [5, 5.41) is 4.50. The quantitative estimate of drug-likeness (QED) is 0.276. The van der Waals surface area contributed by atoms with E-state index in [9.17, 15) is 0 Å². The summed E-state index contributed by atoms with van der Waals surface area (Å²) in [4.78, 5) is 9.80. The van der Waals surface area contributed by atoms with Crippen LogP contribution < -0.4 is 0 Å². The first-order valence-electron chi connectivity index (χ1n) is 11.4. The molecule has 0 spiro atoms. The topological polar surface area (TPSA) is 43.9 Å². The lowest BCUT2D eigenvalue weighted by Gasteiger charge is -2.10. The van der Waals surface area contributed by atoms with Crippen LogP contribution in [0.1, 0.15) is 11.4 Å². The van der Waals surface area contributed by atoms with Crippen LogP contribution in [0.4, 0.5) is 0 Å². The first kappa shape index (κ1) is 19.1. The molecule has 0 atom stereocenters. The Kier molecular flexibility index (Phi) is 3.94. The largest absolute Gasteiger partial charge is 0.455 e. The van der Waals surface area contributed by atoms with Gasteiger partial charge < -0.3 is 4.42 Å². The van der Waals surface area contributed by atoms with Crippen LogP contribution in [0.25, 0.3) is 60.8 Å². The second-order valence-electron chi connectivity index (χ2n) is 8.77. The summed E-state index contributed by atoms with van der Waals surface area (Å²) in [5.41, 5.74) is 7.64. The predicted molar refractivity (Wildman–Crippen MR) is 139 cm³/mol. The van der Waals surface area contributed by atoms with Gasteiger partial charge in [0.05, 0.1) is 16.8 Å². The van der Waals surface area contributed by atoms with Gasteiger partial charge in [0.2, 0.25) is 0 Å². The van der Waals surface area contributed by atoms with Gasteiger partial charge in [0.25, 0.3) is 0 Å².